The molecule has 15 rings (SSSR count). The Labute approximate surface area is 573 Å². The van der Waals surface area contributed by atoms with Crippen LogP contribution in [0.15, 0.2) is 166 Å². The third-order valence-corrected chi connectivity index (χ3v) is 18.4. The normalized spacial score (nSPS) is 16.5. The van der Waals surface area contributed by atoms with Gasteiger partial charge in [0.2, 0.25) is 0 Å². The maximum Gasteiger partial charge on any atom is 0.308 e. The van der Waals surface area contributed by atoms with Crippen molar-refractivity contribution in [1.82, 2.24) is 93.9 Å². The Morgan fingerprint density at radius 3 is 1.41 bits per heavy atom. The second-order valence-electron chi connectivity index (χ2n) is 25.7. The van der Waals surface area contributed by atoms with E-state index in [1.807, 2.05) is 171 Å². The number of halogens is 1. The van der Waals surface area contributed by atoms with Crippen LogP contribution in [0.3, 0.4) is 0 Å². The highest BCUT2D eigenvalue weighted by Crippen LogP contribution is 2.38. The molecule has 508 valence electrons. The largest absolute Gasteiger partial charge is 0.469 e. The smallest absolute Gasteiger partial charge is 0.308 e. The maximum atomic E-state index is 15.3. The molecule has 26 heteroatoms. The molecule has 3 fully saturated rings. The number of piperidine rings is 1. The van der Waals surface area contributed by atoms with Gasteiger partial charge in [0.1, 0.15) is 23.1 Å². The fraction of sp³-hybridized carbons (Fsp3) is 0.329. The summed E-state index contributed by atoms with van der Waals surface area (Å²) in [6.07, 6.45) is 34.7. The third kappa shape index (κ3) is 15.7. The Hall–Kier alpha value is -11.1. The number of hydrogen-bond donors (Lipinski definition) is 4. The molecule has 2 saturated heterocycles. The molecule has 3 atom stereocenters. The van der Waals surface area contributed by atoms with Gasteiger partial charge in [-0.15, -0.1) is 0 Å². The molecule has 1 saturated carbocycles. The summed E-state index contributed by atoms with van der Waals surface area (Å²) in [6, 6.07) is 24.6. The number of esters is 1. The van der Waals surface area contributed by atoms with Crippen LogP contribution >= 0.6 is 0 Å². The van der Waals surface area contributed by atoms with E-state index in [2.05, 4.69) is 80.7 Å². The number of anilines is 3. The van der Waals surface area contributed by atoms with Gasteiger partial charge in [-0.2, -0.15) is 30.6 Å². The first-order chi connectivity index (χ1) is 48.1. The van der Waals surface area contributed by atoms with Crippen LogP contribution in [0.5, 0.6) is 0 Å². The number of aliphatic hydroxyl groups excluding tert-OH is 1. The van der Waals surface area contributed by atoms with Crippen LogP contribution in [0.4, 0.5) is 21.8 Å². The minimum absolute atomic E-state index is 0.0694. The SMILES string of the molecule is COC(=O)[C@@H]1CCC[C@H](Nc2nc(-c3cccc(-c4cnn(C)c4)c3)ncc2-c2cnn(C)c2)C1.Cn1cc(-c2cccc(-c3ncc(-c4cnn(C)c4)c(N4CCC[C@H]4CO)n3)c2)cn1.Cn1cc(-c2cccc(-c3ncc(-c4cnn(C)c4)c(NCC4(F)CCNCC4)n3)c2)cn1. The summed E-state index contributed by atoms with van der Waals surface area (Å²) in [7, 11) is 12.8. The van der Waals surface area contributed by atoms with E-state index in [0.717, 1.165) is 140 Å². The van der Waals surface area contributed by atoms with Crippen molar-refractivity contribution in [1.29, 1.82) is 0 Å². The molecular formula is C73H81FN22O3. The van der Waals surface area contributed by atoms with Crippen LogP contribution < -0.4 is 20.9 Å². The average Bonchev–Trinajstić information content (AvgIpc) is 0.961. The number of nitrogens with one attached hydrogen (secondary N) is 3. The number of rotatable bonds is 17. The van der Waals surface area contributed by atoms with Gasteiger partial charge in [-0.25, -0.2) is 34.3 Å². The van der Waals surface area contributed by atoms with E-state index in [-0.39, 0.29) is 37.1 Å². The van der Waals surface area contributed by atoms with Gasteiger partial charge in [-0.1, -0.05) is 61.0 Å². The zero-order chi connectivity index (χ0) is 68.6. The maximum absolute atomic E-state index is 15.3. The lowest BCUT2D eigenvalue weighted by atomic mass is 9.85. The summed E-state index contributed by atoms with van der Waals surface area (Å²) in [6.45, 7) is 2.55. The molecule has 12 aromatic rings. The molecule has 25 nitrogen and oxygen atoms in total. The molecule has 0 bridgehead atoms. The number of alkyl halides is 1. The van der Waals surface area contributed by atoms with Gasteiger partial charge in [0.15, 0.2) is 17.5 Å². The fourth-order valence-corrected chi connectivity index (χ4v) is 13.0. The van der Waals surface area contributed by atoms with Crippen LogP contribution in [0, 0.1) is 5.92 Å². The number of methoxy groups -OCH3 is 1. The predicted octanol–water partition coefficient (Wildman–Crippen LogP) is 10.4. The first-order valence-electron chi connectivity index (χ1n) is 33.3. The van der Waals surface area contributed by atoms with Crippen LogP contribution in [0.1, 0.15) is 51.4 Å². The Balaban J connectivity index is 0.000000134. The lowest BCUT2D eigenvalue weighted by Crippen LogP contribution is -2.43. The van der Waals surface area contributed by atoms with E-state index in [0.29, 0.717) is 49.2 Å². The van der Waals surface area contributed by atoms with Gasteiger partial charge in [-0.3, -0.25) is 32.9 Å². The first-order valence-corrected chi connectivity index (χ1v) is 33.3. The molecule has 0 spiro atoms. The van der Waals surface area contributed by atoms with Crippen molar-refractivity contribution in [2.45, 2.75) is 69.1 Å². The van der Waals surface area contributed by atoms with Crippen LogP contribution in [0.2, 0.25) is 0 Å². The summed E-state index contributed by atoms with van der Waals surface area (Å²) >= 11 is 0. The molecule has 4 N–H and O–H groups in total. The molecule has 2 aliphatic heterocycles. The number of hydrogen-bond acceptors (Lipinski definition) is 19. The standard InChI is InChI=1S/C26H29N7O2.C24H27FN8.C23H25N7O/c1-32-15-20(12-28-32)17-6-4-7-18(10-17)24-27-14-23(21-13-29-33(2)16-21)25(31-24)30-22-9-5-8-19(11-22)26(34)35-3;1-32-14-19(11-29-32)17-4-3-5-18(10-17)22-27-13-21(20-12-30-33(2)15-20)23(31-22)28-16-24(25)6-8-26-9-7-24;1-28-13-18(10-25-28)16-5-3-6-17(9-16)22-24-12-21(19-11-26-29(2)14-19)23(27-22)30-8-4-7-20(30)15-31/h4,6-7,10,12-16,19,22H,5,8-9,11H2,1-3H3,(H,27,30,31);3-5,10-15,26H,6-9,16H2,1-2H3,(H,27,28,31);3,5-6,9-14,20,31H,4,7-8,15H2,1-2H3/t19-,22+;;20-/m1.0/s1. The van der Waals surface area contributed by atoms with E-state index in [1.54, 1.807) is 40.5 Å². The molecule has 0 amide bonds. The summed E-state index contributed by atoms with van der Waals surface area (Å²) < 4.78 is 30.9. The number of nitrogens with zero attached hydrogens (tertiary/aromatic N) is 19. The second-order valence-corrected chi connectivity index (χ2v) is 25.7. The second kappa shape index (κ2) is 29.7. The topological polar surface area (TPSA) is 270 Å². The number of carbonyl (C=O) groups is 1. The highest BCUT2D eigenvalue weighted by atomic mass is 19.1. The number of aliphatic hydroxyl groups is 1. The molecule has 3 aliphatic rings. The van der Waals surface area contributed by atoms with Gasteiger partial charge in [-0.05, 0) is 92.9 Å². The van der Waals surface area contributed by atoms with Gasteiger partial charge < -0.3 is 30.7 Å². The fourth-order valence-electron chi connectivity index (χ4n) is 13.0. The van der Waals surface area contributed by atoms with Crippen molar-refractivity contribution in [2.24, 2.45) is 48.2 Å². The molecule has 3 aromatic carbocycles. The number of aromatic nitrogens is 18. The summed E-state index contributed by atoms with van der Waals surface area (Å²) in [5, 5.41) is 45.7. The minimum Gasteiger partial charge on any atom is -0.469 e. The van der Waals surface area contributed by atoms with Crippen LogP contribution in [-0.2, 0) is 51.8 Å². The van der Waals surface area contributed by atoms with Crippen molar-refractivity contribution < 1.29 is 19.0 Å². The average molecular weight is 1330 g/mol. The monoisotopic (exact) mass is 1330 g/mol. The van der Waals surface area contributed by atoms with Crippen molar-refractivity contribution in [2.75, 3.05) is 55.4 Å². The molecule has 11 heterocycles. The summed E-state index contributed by atoms with van der Waals surface area (Å²) in [4.78, 5) is 43.2. The zero-order valence-corrected chi connectivity index (χ0v) is 56.7. The zero-order valence-electron chi connectivity index (χ0n) is 56.7. The number of benzene rings is 3. The van der Waals surface area contributed by atoms with Crippen molar-refractivity contribution in [3.05, 3.63) is 166 Å². The Kier molecular flexibility index (Phi) is 19.9. The minimum atomic E-state index is -1.26. The van der Waals surface area contributed by atoms with Gasteiger partial charge in [0.05, 0.1) is 69.4 Å². The van der Waals surface area contributed by atoms with Crippen LogP contribution in [-0.4, -0.2) is 157 Å². The highest BCUT2D eigenvalue weighted by Gasteiger charge is 2.33. The first kappa shape index (κ1) is 66.5. The van der Waals surface area contributed by atoms with E-state index < -0.39 is 5.67 Å². The quantitative estimate of drug-likeness (QED) is 0.0617. The molecule has 9 aromatic heterocycles. The number of carbonyl (C=O) groups excluding carboxylic acids is 1. The lowest BCUT2D eigenvalue weighted by molar-refractivity contribution is -0.146. The van der Waals surface area contributed by atoms with Crippen molar-refractivity contribution >= 4 is 23.4 Å². The number of aryl methyl sites for hydroxylation is 6. The number of ether oxygens (including phenoxy) is 1. The Bertz CT molecular complexity index is 4750. The van der Waals surface area contributed by atoms with Gasteiger partial charge >= 0.3 is 5.97 Å². The van der Waals surface area contributed by atoms with E-state index in [1.165, 1.54) is 7.11 Å². The highest BCUT2D eigenvalue weighted by molar-refractivity contribution is 5.81. The van der Waals surface area contributed by atoms with E-state index in [4.69, 9.17) is 29.7 Å². The van der Waals surface area contributed by atoms with Crippen molar-refractivity contribution in [3.8, 4) is 101 Å². The molecule has 0 unspecified atom stereocenters. The lowest BCUT2D eigenvalue weighted by Gasteiger charge is -2.30. The summed E-state index contributed by atoms with van der Waals surface area (Å²) in [5.74, 6) is 3.84. The molecule has 1 aliphatic carbocycles. The van der Waals surface area contributed by atoms with Gasteiger partial charge in [0.25, 0.3) is 0 Å². The molecular weight excluding hydrogens is 1250 g/mol. The van der Waals surface area contributed by atoms with Gasteiger partial charge in [0, 0.05) is 177 Å². The van der Waals surface area contributed by atoms with Crippen LogP contribution in [0.25, 0.3) is 101 Å². The van der Waals surface area contributed by atoms with Crippen molar-refractivity contribution in [3.63, 3.8) is 0 Å². The Morgan fingerprint density at radius 2 is 0.960 bits per heavy atom. The summed E-state index contributed by atoms with van der Waals surface area (Å²) in [5.41, 5.74) is 13.2. The Morgan fingerprint density at radius 1 is 0.535 bits per heavy atom. The predicted molar refractivity (Wildman–Crippen MR) is 379 cm³/mol. The third-order valence-electron chi connectivity index (χ3n) is 18.4. The molecule has 0 radical (unpaired) electrons. The molecule has 99 heavy (non-hydrogen) atoms. The van der Waals surface area contributed by atoms with E-state index in [9.17, 15) is 9.90 Å². The van der Waals surface area contributed by atoms with E-state index >= 15 is 4.39 Å².